The number of fused-ring (bicyclic) bond motifs is 1. The van der Waals surface area contributed by atoms with E-state index in [0.29, 0.717) is 11.7 Å². The van der Waals surface area contributed by atoms with E-state index in [2.05, 4.69) is 58.0 Å². The third-order valence-electron chi connectivity index (χ3n) is 5.76. The molecule has 0 saturated heterocycles. The lowest BCUT2D eigenvalue weighted by Crippen LogP contribution is -2.36. The van der Waals surface area contributed by atoms with E-state index in [-0.39, 0.29) is 16.7 Å². The Morgan fingerprint density at radius 1 is 1.50 bits per heavy atom. The van der Waals surface area contributed by atoms with Gasteiger partial charge < -0.3 is 4.84 Å². The molecular formula is C21H33NO2. The number of Topliss-reactive ketones (excluding diaryl/α,β-unsaturated/α-hetero) is 1. The standard InChI is InChI=1S/C21H33NO2/c1-15(9-7-11-19(22-24-6)20(2,3)4)16-12-13-17-18(23)10-8-14-21(16,17)5/h7,11-12,15,17H,8-10,13-14H2,1-6H3. The van der Waals surface area contributed by atoms with Gasteiger partial charge >= 0.3 is 0 Å². The van der Waals surface area contributed by atoms with E-state index in [4.69, 9.17) is 4.84 Å². The number of nitrogens with zero attached hydrogens (tertiary/aromatic N) is 1. The normalized spacial score (nSPS) is 29.6. The minimum Gasteiger partial charge on any atom is -0.399 e. The number of rotatable bonds is 5. The highest BCUT2D eigenvalue weighted by atomic mass is 16.6. The maximum absolute atomic E-state index is 12.3. The second kappa shape index (κ2) is 7.25. The van der Waals surface area contributed by atoms with E-state index in [1.807, 2.05) is 0 Å². The van der Waals surface area contributed by atoms with Crippen molar-refractivity contribution < 1.29 is 9.63 Å². The Labute approximate surface area is 147 Å². The summed E-state index contributed by atoms with van der Waals surface area (Å²) in [4.78, 5) is 17.2. The average Bonchev–Trinajstić information content (AvgIpc) is 2.83. The zero-order chi connectivity index (χ0) is 18.0. The van der Waals surface area contributed by atoms with Gasteiger partial charge in [-0.05, 0) is 43.1 Å². The maximum Gasteiger partial charge on any atom is 0.137 e. The van der Waals surface area contributed by atoms with Crippen molar-refractivity contribution in [3.05, 3.63) is 23.8 Å². The lowest BCUT2D eigenvalue weighted by molar-refractivity contribution is -0.128. The summed E-state index contributed by atoms with van der Waals surface area (Å²) < 4.78 is 0. The average molecular weight is 332 g/mol. The molecule has 3 heteroatoms. The summed E-state index contributed by atoms with van der Waals surface area (Å²) in [5, 5.41) is 4.15. The van der Waals surface area contributed by atoms with Gasteiger partial charge in [-0.15, -0.1) is 0 Å². The first kappa shape index (κ1) is 19.0. The van der Waals surface area contributed by atoms with Crippen molar-refractivity contribution in [1.29, 1.82) is 0 Å². The molecule has 134 valence electrons. The van der Waals surface area contributed by atoms with Gasteiger partial charge in [0.05, 0.1) is 5.71 Å². The topological polar surface area (TPSA) is 38.7 Å². The first-order valence-electron chi connectivity index (χ1n) is 9.21. The van der Waals surface area contributed by atoms with Crippen LogP contribution in [0.1, 0.15) is 66.7 Å². The molecule has 3 atom stereocenters. The molecule has 0 spiro atoms. The summed E-state index contributed by atoms with van der Waals surface area (Å²) >= 11 is 0. The predicted molar refractivity (Wildman–Crippen MR) is 100.0 cm³/mol. The number of oxime groups is 1. The van der Waals surface area contributed by atoms with Gasteiger partial charge in [0.2, 0.25) is 0 Å². The molecule has 0 aromatic carbocycles. The highest BCUT2D eigenvalue weighted by molar-refractivity contribution is 5.98. The molecule has 2 rings (SSSR count). The molecule has 0 radical (unpaired) electrons. The van der Waals surface area contributed by atoms with Crippen molar-refractivity contribution in [2.45, 2.75) is 66.7 Å². The van der Waals surface area contributed by atoms with Crippen LogP contribution in [-0.4, -0.2) is 18.6 Å². The van der Waals surface area contributed by atoms with Crippen LogP contribution in [0.15, 0.2) is 29.0 Å². The number of allylic oxidation sites excluding steroid dienone is 4. The quantitative estimate of drug-likeness (QED) is 0.388. The molecule has 2 aliphatic rings. The fraction of sp³-hybridized carbons (Fsp3) is 0.714. The van der Waals surface area contributed by atoms with Crippen LogP contribution in [0, 0.1) is 22.7 Å². The van der Waals surface area contributed by atoms with Crippen molar-refractivity contribution in [3.8, 4) is 0 Å². The zero-order valence-corrected chi connectivity index (χ0v) is 16.2. The molecule has 0 aromatic heterocycles. The fourth-order valence-electron chi connectivity index (χ4n) is 4.34. The molecule has 0 aliphatic heterocycles. The van der Waals surface area contributed by atoms with Gasteiger partial charge in [-0.1, -0.05) is 57.5 Å². The molecule has 3 unspecified atom stereocenters. The third kappa shape index (κ3) is 3.81. The van der Waals surface area contributed by atoms with Crippen molar-refractivity contribution in [3.63, 3.8) is 0 Å². The van der Waals surface area contributed by atoms with Gasteiger partial charge in [0.25, 0.3) is 0 Å². The van der Waals surface area contributed by atoms with Gasteiger partial charge in [-0.25, -0.2) is 0 Å². The lowest BCUT2D eigenvalue weighted by atomic mass is 9.63. The summed E-state index contributed by atoms with van der Waals surface area (Å²) in [5.41, 5.74) is 2.51. The SMILES string of the molecule is CON=C(C=CCC(C)C1=CCC2C(=O)CCCC12C)C(C)(C)C. The largest absolute Gasteiger partial charge is 0.399 e. The molecule has 1 fully saturated rings. The Morgan fingerprint density at radius 2 is 2.21 bits per heavy atom. The summed E-state index contributed by atoms with van der Waals surface area (Å²) in [6.07, 6.45) is 11.5. The summed E-state index contributed by atoms with van der Waals surface area (Å²) in [7, 11) is 1.59. The third-order valence-corrected chi connectivity index (χ3v) is 5.76. The first-order chi connectivity index (χ1) is 11.2. The molecule has 2 aliphatic carbocycles. The number of hydrogen-bond donors (Lipinski definition) is 0. The summed E-state index contributed by atoms with van der Waals surface area (Å²) in [6, 6.07) is 0. The van der Waals surface area contributed by atoms with Crippen LogP contribution in [0.25, 0.3) is 0 Å². The molecule has 0 heterocycles. The molecule has 0 bridgehead atoms. The highest BCUT2D eigenvalue weighted by Gasteiger charge is 2.47. The van der Waals surface area contributed by atoms with Gasteiger partial charge in [0.1, 0.15) is 12.9 Å². The number of carbonyl (C=O) groups is 1. The predicted octanol–water partition coefficient (Wildman–Crippen LogP) is 5.32. The van der Waals surface area contributed by atoms with Crippen LogP contribution in [0.4, 0.5) is 0 Å². The van der Waals surface area contributed by atoms with E-state index >= 15 is 0 Å². The molecule has 1 saturated carbocycles. The molecule has 24 heavy (non-hydrogen) atoms. The smallest absolute Gasteiger partial charge is 0.137 e. The van der Waals surface area contributed by atoms with Crippen LogP contribution < -0.4 is 0 Å². The van der Waals surface area contributed by atoms with Crippen LogP contribution >= 0.6 is 0 Å². The van der Waals surface area contributed by atoms with Gasteiger partial charge in [-0.3, -0.25) is 4.79 Å². The van der Waals surface area contributed by atoms with E-state index in [9.17, 15) is 4.79 Å². The molecule has 3 nitrogen and oxygen atoms in total. The van der Waals surface area contributed by atoms with E-state index in [0.717, 1.165) is 37.8 Å². The molecular weight excluding hydrogens is 298 g/mol. The van der Waals surface area contributed by atoms with Crippen molar-refractivity contribution in [2.24, 2.45) is 27.8 Å². The number of ketones is 1. The molecule has 0 aromatic rings. The van der Waals surface area contributed by atoms with Crippen molar-refractivity contribution in [2.75, 3.05) is 7.11 Å². The van der Waals surface area contributed by atoms with Crippen LogP contribution in [-0.2, 0) is 9.63 Å². The van der Waals surface area contributed by atoms with E-state index < -0.39 is 0 Å². The van der Waals surface area contributed by atoms with E-state index in [1.54, 1.807) is 7.11 Å². The zero-order valence-electron chi connectivity index (χ0n) is 16.2. The monoisotopic (exact) mass is 331 g/mol. The Bertz CT molecular complexity index is 565. The number of carbonyl (C=O) groups excluding carboxylic acids is 1. The lowest BCUT2D eigenvalue weighted by Gasteiger charge is -2.40. The Morgan fingerprint density at radius 3 is 2.83 bits per heavy atom. The molecule has 0 amide bonds. The minimum absolute atomic E-state index is 0.0325. The number of hydrogen-bond acceptors (Lipinski definition) is 3. The van der Waals surface area contributed by atoms with Crippen LogP contribution in [0.5, 0.6) is 0 Å². The van der Waals surface area contributed by atoms with Gasteiger partial charge in [0, 0.05) is 17.8 Å². The highest BCUT2D eigenvalue weighted by Crippen LogP contribution is 2.53. The Hall–Kier alpha value is -1.38. The summed E-state index contributed by atoms with van der Waals surface area (Å²) in [6.45, 7) is 11.0. The van der Waals surface area contributed by atoms with Gasteiger partial charge in [0.15, 0.2) is 0 Å². The maximum atomic E-state index is 12.3. The van der Waals surface area contributed by atoms with Gasteiger partial charge in [-0.2, -0.15) is 0 Å². The minimum atomic E-state index is -0.0325. The van der Waals surface area contributed by atoms with Crippen molar-refractivity contribution in [1.82, 2.24) is 0 Å². The second-order valence-electron chi connectivity index (χ2n) is 8.63. The Kier molecular flexibility index (Phi) is 5.72. The Balaban J connectivity index is 2.05. The van der Waals surface area contributed by atoms with Crippen LogP contribution in [0.2, 0.25) is 0 Å². The van der Waals surface area contributed by atoms with E-state index in [1.165, 1.54) is 5.57 Å². The second-order valence-corrected chi connectivity index (χ2v) is 8.63. The molecule has 0 N–H and O–H groups in total. The fourth-order valence-corrected chi connectivity index (χ4v) is 4.34. The summed E-state index contributed by atoms with van der Waals surface area (Å²) in [5.74, 6) is 1.17. The first-order valence-corrected chi connectivity index (χ1v) is 9.21. The van der Waals surface area contributed by atoms with Crippen molar-refractivity contribution >= 4 is 11.5 Å². The van der Waals surface area contributed by atoms with Crippen LogP contribution in [0.3, 0.4) is 0 Å².